The molecule has 124 valence electrons. The number of hydrogen-bond donors (Lipinski definition) is 4. The van der Waals surface area contributed by atoms with Crippen LogP contribution in [0.1, 0.15) is 27.7 Å². The summed E-state index contributed by atoms with van der Waals surface area (Å²) in [7, 11) is -2.23. The summed E-state index contributed by atoms with van der Waals surface area (Å²) in [5.74, 6) is -1.05. The van der Waals surface area contributed by atoms with Crippen LogP contribution >= 0.6 is 8.38 Å². The van der Waals surface area contributed by atoms with Crippen molar-refractivity contribution in [3.05, 3.63) is 0 Å². The first-order chi connectivity index (χ1) is 9.63. The molecule has 8 nitrogen and oxygen atoms in total. The van der Waals surface area contributed by atoms with Crippen LogP contribution in [0.15, 0.2) is 0 Å². The Labute approximate surface area is 125 Å². The molecule has 0 aliphatic heterocycles. The first-order valence-corrected chi connectivity index (χ1v) is 8.05. The fourth-order valence-corrected chi connectivity index (χ4v) is 1.65. The lowest BCUT2D eigenvalue weighted by Gasteiger charge is -2.22. The molecule has 0 saturated carbocycles. The topological polar surface area (TPSA) is 125 Å². The summed E-state index contributed by atoms with van der Waals surface area (Å²) in [5, 5.41) is 11.6. The summed E-state index contributed by atoms with van der Waals surface area (Å²) in [5.41, 5.74) is 0. The fourth-order valence-electron chi connectivity index (χ4n) is 1.15. The molecule has 0 radical (unpaired) electrons. The zero-order chi connectivity index (χ0) is 16.6. The van der Waals surface area contributed by atoms with Gasteiger partial charge in [-0.3, -0.25) is 4.79 Å². The molecule has 0 saturated heterocycles. The number of carbonyl (C=O) groups is 2. The molecule has 0 fully saturated rings. The molecule has 0 bridgehead atoms. The van der Waals surface area contributed by atoms with Crippen molar-refractivity contribution in [2.45, 2.75) is 40.1 Å². The highest BCUT2D eigenvalue weighted by molar-refractivity contribution is 7.45. The number of aliphatic hydroxyl groups excluding tert-OH is 1. The molecule has 0 rings (SSSR count). The molecule has 0 aliphatic rings. The largest absolute Gasteiger partial charge is 0.425 e. The van der Waals surface area contributed by atoms with Crippen LogP contribution in [0.25, 0.3) is 0 Å². The smallest absolute Gasteiger partial charge is 0.410 e. The fraction of sp³-hybridized carbons (Fsp3) is 0.833. The molecule has 1 amide bonds. The molecule has 0 aliphatic carbocycles. The molecule has 21 heavy (non-hydrogen) atoms. The average Bonchev–Trinajstić information content (AvgIpc) is 2.34. The van der Waals surface area contributed by atoms with Crippen LogP contribution in [0, 0.1) is 11.8 Å². The maximum Gasteiger partial charge on any atom is 0.410 e. The lowest BCUT2D eigenvalue weighted by atomic mass is 10.2. The number of esters is 1. The van der Waals surface area contributed by atoms with Crippen molar-refractivity contribution in [1.82, 2.24) is 5.32 Å². The quantitative estimate of drug-likeness (QED) is 0.292. The van der Waals surface area contributed by atoms with Crippen LogP contribution in [-0.4, -0.2) is 52.1 Å². The summed E-state index contributed by atoms with van der Waals surface area (Å²) in [6, 6.07) is 0. The van der Waals surface area contributed by atoms with Gasteiger partial charge < -0.3 is 29.7 Å². The van der Waals surface area contributed by atoms with E-state index in [1.54, 1.807) is 27.7 Å². The minimum atomic E-state index is -2.23. The number of amides is 1. The third kappa shape index (κ3) is 9.57. The predicted octanol–water partition coefficient (Wildman–Crippen LogP) is 0.551. The molecule has 0 aromatic heterocycles. The lowest BCUT2D eigenvalue weighted by molar-refractivity contribution is -0.178. The van der Waals surface area contributed by atoms with Gasteiger partial charge >= 0.3 is 12.1 Å². The Morgan fingerprint density at radius 3 is 2.14 bits per heavy atom. The highest BCUT2D eigenvalue weighted by Gasteiger charge is 2.24. The van der Waals surface area contributed by atoms with Gasteiger partial charge in [0.05, 0.1) is 12.0 Å². The number of nitrogens with one attached hydrogen (secondary N) is 1. The Hall–Kier alpha value is -0.950. The SMILES string of the molecule is CC(C)C(=O)O[C@H](OC(=O)NC[C@H](O)CP(O)O)C(C)C. The van der Waals surface area contributed by atoms with Crippen LogP contribution in [0.2, 0.25) is 0 Å². The van der Waals surface area contributed by atoms with E-state index in [1.165, 1.54) is 0 Å². The number of alkyl carbamates (subject to hydrolysis) is 1. The maximum atomic E-state index is 11.5. The zero-order valence-corrected chi connectivity index (χ0v) is 13.5. The second kappa shape index (κ2) is 9.89. The molecule has 9 heteroatoms. The van der Waals surface area contributed by atoms with Crippen molar-refractivity contribution < 1.29 is 34.0 Å². The number of aliphatic hydroxyl groups is 1. The maximum absolute atomic E-state index is 11.5. The van der Waals surface area contributed by atoms with Crippen molar-refractivity contribution in [2.24, 2.45) is 11.8 Å². The number of carbonyl (C=O) groups excluding carboxylic acids is 2. The van der Waals surface area contributed by atoms with E-state index < -0.39 is 32.8 Å². The van der Waals surface area contributed by atoms with E-state index in [2.05, 4.69) is 5.32 Å². The number of ether oxygens (including phenoxy) is 2. The molecule has 0 unspecified atom stereocenters. The number of rotatable bonds is 8. The standard InChI is InChI=1S/C12H24NO7P/c1-7(2)10(15)19-11(8(3)4)20-12(16)13-5-9(14)6-21(17)18/h7-9,11,14,17-18H,5-6H2,1-4H3,(H,13,16)/t9-,11+/m0/s1. The molecule has 2 atom stereocenters. The van der Waals surface area contributed by atoms with Gasteiger partial charge in [0.1, 0.15) is 0 Å². The highest BCUT2D eigenvalue weighted by Crippen LogP contribution is 2.23. The second-order valence-corrected chi connectivity index (χ2v) is 6.31. The lowest BCUT2D eigenvalue weighted by Crippen LogP contribution is -2.39. The Bertz CT molecular complexity index is 336. The average molecular weight is 325 g/mol. The van der Waals surface area contributed by atoms with Gasteiger partial charge in [0.2, 0.25) is 0 Å². The third-order valence-electron chi connectivity index (χ3n) is 2.33. The third-order valence-corrected chi connectivity index (χ3v) is 3.08. The highest BCUT2D eigenvalue weighted by atomic mass is 31.2. The summed E-state index contributed by atoms with van der Waals surface area (Å²) in [6.07, 6.45) is -3.20. The molecule has 0 heterocycles. The minimum Gasteiger partial charge on any atom is -0.425 e. The van der Waals surface area contributed by atoms with E-state index in [-0.39, 0.29) is 24.5 Å². The van der Waals surface area contributed by atoms with Gasteiger partial charge in [-0.25, -0.2) is 4.79 Å². The van der Waals surface area contributed by atoms with E-state index in [0.29, 0.717) is 0 Å². The van der Waals surface area contributed by atoms with Crippen LogP contribution in [0.5, 0.6) is 0 Å². The zero-order valence-electron chi connectivity index (χ0n) is 12.6. The molecular formula is C12H24NO7P. The van der Waals surface area contributed by atoms with Crippen molar-refractivity contribution in [2.75, 3.05) is 12.7 Å². The van der Waals surface area contributed by atoms with E-state index >= 15 is 0 Å². The van der Waals surface area contributed by atoms with E-state index in [1.807, 2.05) is 0 Å². The van der Waals surface area contributed by atoms with E-state index in [4.69, 9.17) is 19.3 Å². The Balaban J connectivity index is 4.27. The summed E-state index contributed by atoms with van der Waals surface area (Å²) in [4.78, 5) is 40.5. The second-order valence-electron chi connectivity index (χ2n) is 5.20. The monoisotopic (exact) mass is 325 g/mol. The normalized spacial score (nSPS) is 14.2. The summed E-state index contributed by atoms with van der Waals surface area (Å²) in [6.45, 7) is 6.59. The molecular weight excluding hydrogens is 301 g/mol. The van der Waals surface area contributed by atoms with Crippen LogP contribution < -0.4 is 5.32 Å². The summed E-state index contributed by atoms with van der Waals surface area (Å²) < 4.78 is 10.0. The van der Waals surface area contributed by atoms with Gasteiger partial charge in [0.15, 0.2) is 8.38 Å². The van der Waals surface area contributed by atoms with Crippen LogP contribution in [0.3, 0.4) is 0 Å². The molecule has 0 aromatic carbocycles. The van der Waals surface area contributed by atoms with E-state index in [9.17, 15) is 14.7 Å². The molecule has 4 N–H and O–H groups in total. The van der Waals surface area contributed by atoms with Gasteiger partial charge in [-0.2, -0.15) is 0 Å². The van der Waals surface area contributed by atoms with Gasteiger partial charge in [0, 0.05) is 18.6 Å². The minimum absolute atomic E-state index is 0.193. The van der Waals surface area contributed by atoms with E-state index in [0.717, 1.165) is 0 Å². The molecule has 0 aromatic rings. The Morgan fingerprint density at radius 1 is 1.14 bits per heavy atom. The van der Waals surface area contributed by atoms with Crippen molar-refractivity contribution in [1.29, 1.82) is 0 Å². The first kappa shape index (κ1) is 20.1. The van der Waals surface area contributed by atoms with Gasteiger partial charge in [0.25, 0.3) is 6.29 Å². The van der Waals surface area contributed by atoms with Crippen molar-refractivity contribution in [3.63, 3.8) is 0 Å². The Morgan fingerprint density at radius 2 is 1.71 bits per heavy atom. The van der Waals surface area contributed by atoms with Crippen LogP contribution in [-0.2, 0) is 14.3 Å². The first-order valence-electron chi connectivity index (χ1n) is 6.61. The van der Waals surface area contributed by atoms with Gasteiger partial charge in [-0.15, -0.1) is 0 Å². The van der Waals surface area contributed by atoms with Gasteiger partial charge in [-0.1, -0.05) is 27.7 Å². The van der Waals surface area contributed by atoms with Crippen molar-refractivity contribution in [3.8, 4) is 0 Å². The summed E-state index contributed by atoms with van der Waals surface area (Å²) >= 11 is 0. The predicted molar refractivity (Wildman–Crippen MR) is 76.3 cm³/mol. The van der Waals surface area contributed by atoms with Crippen molar-refractivity contribution >= 4 is 20.4 Å². The molecule has 0 spiro atoms. The van der Waals surface area contributed by atoms with Gasteiger partial charge in [-0.05, 0) is 0 Å². The number of hydrogen-bond acceptors (Lipinski definition) is 7. The Kier molecular flexibility index (Phi) is 9.44. The van der Waals surface area contributed by atoms with Crippen LogP contribution in [0.4, 0.5) is 4.79 Å².